The van der Waals surface area contributed by atoms with Crippen molar-refractivity contribution in [2.24, 2.45) is 22.7 Å². The van der Waals surface area contributed by atoms with Crippen LogP contribution in [0, 0.1) is 22.7 Å². The number of halogens is 15. The second kappa shape index (κ2) is 20.9. The quantitative estimate of drug-likeness (QED) is 0.0663. The van der Waals surface area contributed by atoms with Crippen molar-refractivity contribution >= 4 is 35.6 Å². The lowest BCUT2D eigenvalue weighted by molar-refractivity contribution is -0.405. The Labute approximate surface area is 302 Å². The highest BCUT2D eigenvalue weighted by molar-refractivity contribution is 7.99. The first-order chi connectivity index (χ1) is 24.3. The van der Waals surface area contributed by atoms with E-state index in [-0.39, 0.29) is 17.9 Å². The van der Waals surface area contributed by atoms with Crippen molar-refractivity contribution in [3.05, 3.63) is 0 Å². The molecule has 320 valence electrons. The van der Waals surface area contributed by atoms with Crippen molar-refractivity contribution in [1.82, 2.24) is 0 Å². The topological polar surface area (TPSA) is 125 Å². The predicted octanol–water partition coefficient (Wildman–Crippen LogP) is 7.57. The Morgan fingerprint density at radius 1 is 0.759 bits per heavy atom. The fourth-order valence-corrected chi connectivity index (χ4v) is 5.25. The summed E-state index contributed by atoms with van der Waals surface area (Å²) in [6, 6.07) is 0. The fraction of sp³-hybridized carbons (Fsp3) is 0.862. The number of carbonyl (C=O) groups excluding carboxylic acids is 4. The van der Waals surface area contributed by atoms with Gasteiger partial charge in [-0.05, 0) is 40.0 Å². The van der Waals surface area contributed by atoms with Crippen LogP contribution < -0.4 is 0 Å². The fourth-order valence-electron chi connectivity index (χ4n) is 4.39. The van der Waals surface area contributed by atoms with Crippen LogP contribution in [0.5, 0.6) is 0 Å². The van der Waals surface area contributed by atoms with Gasteiger partial charge in [-0.15, -0.1) is 11.8 Å². The van der Waals surface area contributed by atoms with E-state index in [1.165, 1.54) is 27.9 Å². The molecule has 0 amide bonds. The van der Waals surface area contributed by atoms with Crippen LogP contribution in [0.3, 0.4) is 0 Å². The van der Waals surface area contributed by atoms with Gasteiger partial charge in [-0.2, -0.15) is 48.3 Å². The van der Waals surface area contributed by atoms with Gasteiger partial charge in [-0.3, -0.25) is 19.2 Å². The minimum atomic E-state index is -7.69. The average molecular weight is 849 g/mol. The minimum Gasteiger partial charge on any atom is -0.469 e. The smallest absolute Gasteiger partial charge is 0.397 e. The SMILES string of the molecule is CCC(C)(CC(C)(C)C(=O)OCC(O)COC(=O)CSCC(C)C(=O)OC)C(=O)OCCC(C(F)(F)F)C(F)(F)C(F)(F)C(F)(F)C(F)(F)C(F)F.FF. The van der Waals surface area contributed by atoms with Gasteiger partial charge < -0.3 is 24.1 Å². The van der Waals surface area contributed by atoms with Gasteiger partial charge in [0.05, 0.1) is 36.2 Å². The maximum atomic E-state index is 14.3. The minimum absolute atomic E-state index is 0.200. The van der Waals surface area contributed by atoms with E-state index < -0.39 is 122 Å². The molecule has 0 aromatic heterocycles. The predicted molar refractivity (Wildman–Crippen MR) is 156 cm³/mol. The molecule has 54 heavy (non-hydrogen) atoms. The number of methoxy groups -OCH3 is 1. The normalized spacial score (nSPS) is 15.9. The molecule has 0 aliphatic heterocycles. The van der Waals surface area contributed by atoms with Gasteiger partial charge >= 0.3 is 60.2 Å². The monoisotopic (exact) mass is 848 g/mol. The maximum absolute atomic E-state index is 14.3. The molecule has 0 fully saturated rings. The van der Waals surface area contributed by atoms with Gasteiger partial charge in [0.15, 0.2) is 0 Å². The summed E-state index contributed by atoms with van der Waals surface area (Å²) in [5, 5.41) is 10.0. The first kappa shape index (κ1) is 53.2. The summed E-state index contributed by atoms with van der Waals surface area (Å²) in [5.74, 6) is -38.9. The maximum Gasteiger partial charge on any atom is 0.397 e. The standard InChI is InChI=1S/C29H39F13O9S.F2/c1-7-24(5,14-23(3,4)21(46)51-11-16(43)10-50-18(44)13-52-12-15(2)19(45)48-6)22(47)49-9-8-17(27(36,37)38)25(32,33)28(39,40)29(41,42)26(34,35)20(30)31;1-2/h15-17,20,43H,7-14H2,1-6H3;. The summed E-state index contributed by atoms with van der Waals surface area (Å²) >= 11 is 1.04. The summed E-state index contributed by atoms with van der Waals surface area (Å²) in [7, 11) is 1.19. The number of carbonyl (C=O) groups is 4. The van der Waals surface area contributed by atoms with E-state index in [1.807, 2.05) is 0 Å². The number of ether oxygens (including phenoxy) is 4. The van der Waals surface area contributed by atoms with E-state index in [9.17, 15) is 81.4 Å². The molecule has 0 aliphatic carbocycles. The number of rotatable bonds is 22. The van der Waals surface area contributed by atoms with Gasteiger partial charge in [-0.25, -0.2) is 8.78 Å². The molecule has 0 rings (SSSR count). The highest BCUT2D eigenvalue weighted by Crippen LogP contribution is 2.58. The van der Waals surface area contributed by atoms with Crippen molar-refractivity contribution in [1.29, 1.82) is 0 Å². The summed E-state index contributed by atoms with van der Waals surface area (Å²) in [5.41, 5.74) is -3.52. The lowest BCUT2D eigenvalue weighted by Gasteiger charge is -2.40. The first-order valence-corrected chi connectivity index (χ1v) is 16.3. The molecule has 1 N–H and O–H groups in total. The Kier molecular flexibility index (Phi) is 20.6. The van der Waals surface area contributed by atoms with Crippen molar-refractivity contribution in [3.8, 4) is 0 Å². The van der Waals surface area contributed by atoms with Crippen LogP contribution in [0.25, 0.3) is 0 Å². The molecule has 0 spiro atoms. The number of thioether (sulfide) groups is 1. The number of esters is 4. The number of alkyl halides is 13. The van der Waals surface area contributed by atoms with E-state index in [4.69, 9.17) is 18.6 Å². The molecule has 4 unspecified atom stereocenters. The second-order valence-electron chi connectivity index (χ2n) is 12.6. The molecule has 0 heterocycles. The Morgan fingerprint density at radius 3 is 1.69 bits per heavy atom. The Balaban J connectivity index is 0. The van der Waals surface area contributed by atoms with Crippen LogP contribution in [0.15, 0.2) is 0 Å². The summed E-state index contributed by atoms with van der Waals surface area (Å²) in [4.78, 5) is 48.8. The van der Waals surface area contributed by atoms with E-state index in [1.54, 1.807) is 6.92 Å². The molecule has 0 saturated heterocycles. The zero-order valence-corrected chi connectivity index (χ0v) is 30.1. The molecule has 0 aromatic rings. The highest BCUT2D eigenvalue weighted by atomic mass is 32.2. The Hall–Kier alpha value is -2.86. The number of aliphatic hydroxyl groups excluding tert-OH is 1. The summed E-state index contributed by atoms with van der Waals surface area (Å²) in [6.45, 7) is 3.14. The van der Waals surface area contributed by atoms with Gasteiger partial charge in [0, 0.05) is 14.9 Å². The molecule has 9 nitrogen and oxygen atoms in total. The summed E-state index contributed by atoms with van der Waals surface area (Å²) < 4.78 is 210. The third kappa shape index (κ3) is 13.7. The third-order valence-electron chi connectivity index (χ3n) is 7.67. The third-order valence-corrected chi connectivity index (χ3v) is 8.85. The van der Waals surface area contributed by atoms with E-state index in [0.717, 1.165) is 18.7 Å². The van der Waals surface area contributed by atoms with E-state index in [0.29, 0.717) is 0 Å². The Morgan fingerprint density at radius 2 is 1.24 bits per heavy atom. The lowest BCUT2D eigenvalue weighted by atomic mass is 9.72. The molecular weight excluding hydrogens is 809 g/mol. The molecule has 0 saturated carbocycles. The largest absolute Gasteiger partial charge is 0.469 e. The highest BCUT2D eigenvalue weighted by Gasteiger charge is 2.85. The second-order valence-corrected chi connectivity index (χ2v) is 13.6. The van der Waals surface area contributed by atoms with E-state index >= 15 is 0 Å². The van der Waals surface area contributed by atoms with Crippen molar-refractivity contribution in [2.75, 3.05) is 38.4 Å². The van der Waals surface area contributed by atoms with Crippen LogP contribution >= 0.6 is 11.8 Å². The van der Waals surface area contributed by atoms with Gasteiger partial charge in [0.2, 0.25) is 0 Å². The Bertz CT molecular complexity index is 1220. The number of hydrogen-bond acceptors (Lipinski definition) is 10. The molecule has 0 aromatic carbocycles. The van der Waals surface area contributed by atoms with Crippen LogP contribution in [0.2, 0.25) is 0 Å². The zero-order valence-electron chi connectivity index (χ0n) is 29.3. The number of aliphatic hydroxyl groups is 1. The van der Waals surface area contributed by atoms with Crippen molar-refractivity contribution in [3.63, 3.8) is 0 Å². The molecule has 0 radical (unpaired) electrons. The number of hydrogen-bond donors (Lipinski definition) is 1. The molecule has 0 aliphatic rings. The lowest BCUT2D eigenvalue weighted by Crippen LogP contribution is -2.67. The van der Waals surface area contributed by atoms with Crippen LogP contribution in [0.4, 0.5) is 66.2 Å². The van der Waals surface area contributed by atoms with Gasteiger partial charge in [0.1, 0.15) is 25.2 Å². The van der Waals surface area contributed by atoms with Crippen molar-refractivity contribution in [2.45, 2.75) is 96.3 Å². The van der Waals surface area contributed by atoms with Crippen LogP contribution in [0.1, 0.15) is 53.9 Å². The van der Waals surface area contributed by atoms with Crippen LogP contribution in [-0.4, -0.2) is 110 Å². The molecule has 4 atom stereocenters. The van der Waals surface area contributed by atoms with Gasteiger partial charge in [0.25, 0.3) is 0 Å². The summed E-state index contributed by atoms with van der Waals surface area (Å²) in [6.07, 6.45) is -17.0. The van der Waals surface area contributed by atoms with E-state index in [2.05, 4.69) is 9.47 Å². The average Bonchev–Trinajstić information content (AvgIpc) is 3.06. The van der Waals surface area contributed by atoms with Gasteiger partial charge in [-0.1, -0.05) is 13.8 Å². The zero-order chi connectivity index (χ0) is 43.3. The molecule has 25 heteroatoms. The van der Waals surface area contributed by atoms with Crippen LogP contribution in [-0.2, 0) is 38.1 Å². The van der Waals surface area contributed by atoms with Crippen molar-refractivity contribution < 1.29 is 109 Å². The molecule has 0 bridgehead atoms. The first-order valence-electron chi connectivity index (χ1n) is 15.1. The molecular formula is C29H39F15O9S.